The highest BCUT2D eigenvalue weighted by Crippen LogP contribution is 2.40. The Morgan fingerprint density at radius 3 is 2.56 bits per heavy atom. The van der Waals surface area contributed by atoms with Gasteiger partial charge >= 0.3 is 6.09 Å². The molecule has 1 aromatic carbocycles. The van der Waals surface area contributed by atoms with E-state index in [0.717, 1.165) is 11.4 Å². The number of nitrogens with zero attached hydrogens (tertiary/aromatic N) is 7. The van der Waals surface area contributed by atoms with Crippen LogP contribution in [0.1, 0.15) is 38.3 Å². The molecular formula is C29H31F2N7O2S. The second-order valence-corrected chi connectivity index (χ2v) is 12.1. The van der Waals surface area contributed by atoms with Gasteiger partial charge in [-0.05, 0) is 42.2 Å². The van der Waals surface area contributed by atoms with Crippen LogP contribution in [0.3, 0.4) is 0 Å². The van der Waals surface area contributed by atoms with E-state index in [4.69, 9.17) is 4.98 Å². The van der Waals surface area contributed by atoms with E-state index in [1.54, 1.807) is 18.2 Å². The van der Waals surface area contributed by atoms with Crippen LogP contribution >= 0.6 is 11.3 Å². The molecule has 4 aromatic rings. The first-order valence-corrected chi connectivity index (χ1v) is 14.1. The number of hydrogen-bond donors (Lipinski definition) is 1. The second kappa shape index (κ2) is 10.6. The summed E-state index contributed by atoms with van der Waals surface area (Å²) >= 11 is 1.21. The van der Waals surface area contributed by atoms with Gasteiger partial charge in [0.15, 0.2) is 10.9 Å². The predicted molar refractivity (Wildman–Crippen MR) is 155 cm³/mol. The Balaban J connectivity index is 1.57. The number of thiazole rings is 1. The summed E-state index contributed by atoms with van der Waals surface area (Å²) in [7, 11) is 1.83. The highest BCUT2D eigenvalue weighted by Gasteiger charge is 2.39. The molecule has 0 saturated carbocycles. The zero-order valence-electron chi connectivity index (χ0n) is 23.5. The Hall–Kier alpha value is -4.24. The van der Waals surface area contributed by atoms with Gasteiger partial charge in [0.05, 0.1) is 34.8 Å². The zero-order chi connectivity index (χ0) is 29.6. The largest absolute Gasteiger partial charge is 0.465 e. The van der Waals surface area contributed by atoms with Crippen LogP contribution in [0.25, 0.3) is 16.8 Å². The minimum absolute atomic E-state index is 0.260. The molecule has 0 spiro atoms. The predicted octanol–water partition coefficient (Wildman–Crippen LogP) is 6.15. The van der Waals surface area contributed by atoms with Gasteiger partial charge in [0.2, 0.25) is 0 Å². The Bertz CT molecular complexity index is 1650. The summed E-state index contributed by atoms with van der Waals surface area (Å²) in [4.78, 5) is 22.2. The summed E-state index contributed by atoms with van der Waals surface area (Å²) in [6, 6.07) is 9.46. The Morgan fingerprint density at radius 2 is 1.95 bits per heavy atom. The van der Waals surface area contributed by atoms with E-state index in [1.165, 1.54) is 39.1 Å². The average Bonchev–Trinajstić information content (AvgIpc) is 3.53. The van der Waals surface area contributed by atoms with Crippen LogP contribution in [0.15, 0.2) is 36.5 Å². The molecular weight excluding hydrogens is 548 g/mol. The smallest absolute Gasteiger partial charge is 0.407 e. The molecule has 1 atom stereocenters. The fourth-order valence-electron chi connectivity index (χ4n) is 5.34. The highest BCUT2D eigenvalue weighted by molar-refractivity contribution is 7.16. The number of fused-ring (bicyclic) bond motifs is 1. The number of hydrogen-bond acceptors (Lipinski definition) is 7. The van der Waals surface area contributed by atoms with E-state index in [1.807, 2.05) is 44.5 Å². The molecule has 1 amide bonds. The lowest BCUT2D eigenvalue weighted by Crippen LogP contribution is -2.59. The minimum Gasteiger partial charge on any atom is -0.465 e. The summed E-state index contributed by atoms with van der Waals surface area (Å²) in [5, 5.41) is 24.7. The maximum atomic E-state index is 15.6. The minimum atomic E-state index is -0.979. The quantitative estimate of drug-likeness (QED) is 0.303. The molecule has 1 aliphatic rings. The molecule has 5 rings (SSSR count). The van der Waals surface area contributed by atoms with Gasteiger partial charge in [0, 0.05) is 32.2 Å². The molecule has 1 aliphatic heterocycles. The van der Waals surface area contributed by atoms with Crippen LogP contribution in [0.2, 0.25) is 0 Å². The van der Waals surface area contributed by atoms with Crippen LogP contribution in [0.5, 0.6) is 0 Å². The first-order chi connectivity index (χ1) is 19.4. The molecule has 0 bridgehead atoms. The monoisotopic (exact) mass is 579 g/mol. The van der Waals surface area contributed by atoms with Gasteiger partial charge in [0.25, 0.3) is 0 Å². The number of pyridine rings is 1. The van der Waals surface area contributed by atoms with Gasteiger partial charge < -0.3 is 19.8 Å². The van der Waals surface area contributed by atoms with Crippen molar-refractivity contribution in [2.24, 2.45) is 5.41 Å². The van der Waals surface area contributed by atoms with Crippen molar-refractivity contribution in [1.29, 1.82) is 5.26 Å². The summed E-state index contributed by atoms with van der Waals surface area (Å²) in [6.45, 7) is 8.87. The molecule has 12 heteroatoms. The summed E-state index contributed by atoms with van der Waals surface area (Å²) in [6.07, 6.45) is 0.944. The van der Waals surface area contributed by atoms with Crippen molar-refractivity contribution in [1.82, 2.24) is 19.5 Å². The zero-order valence-corrected chi connectivity index (χ0v) is 24.3. The first kappa shape index (κ1) is 28.3. The van der Waals surface area contributed by atoms with Crippen molar-refractivity contribution in [2.45, 2.75) is 40.2 Å². The van der Waals surface area contributed by atoms with Crippen LogP contribution in [-0.2, 0) is 6.42 Å². The Morgan fingerprint density at radius 1 is 1.24 bits per heavy atom. The number of anilines is 3. The standard InChI is InChI=1S/C29H31F2N7O2S/c1-6-20-26(35(5)27-33-25(23(14-32)41-27)17-7-9-18(30)10-8-17)22-13-21(19(31)15-38(22)34-20)36-11-12-37(28(39)40)24(16-36)29(2,3)4/h7-10,13,15,24H,6,11-12,16H2,1-5H3,(H,39,40). The van der Waals surface area contributed by atoms with Crippen LogP contribution in [0, 0.1) is 28.4 Å². The Kier molecular flexibility index (Phi) is 7.33. The van der Waals surface area contributed by atoms with Crippen LogP contribution in [-0.4, -0.2) is 63.4 Å². The Labute approximate surface area is 240 Å². The third kappa shape index (κ3) is 5.17. The van der Waals surface area contributed by atoms with E-state index in [-0.39, 0.29) is 23.8 Å². The number of amides is 1. The number of rotatable bonds is 5. The molecule has 4 heterocycles. The summed E-state index contributed by atoms with van der Waals surface area (Å²) < 4.78 is 30.6. The molecule has 1 N–H and O–H groups in total. The molecule has 3 aromatic heterocycles. The first-order valence-electron chi connectivity index (χ1n) is 13.3. The summed E-state index contributed by atoms with van der Waals surface area (Å²) in [5.41, 5.74) is 3.24. The molecule has 0 radical (unpaired) electrons. The second-order valence-electron chi connectivity index (χ2n) is 11.1. The van der Waals surface area contributed by atoms with Gasteiger partial charge in [-0.25, -0.2) is 23.1 Å². The van der Waals surface area contributed by atoms with Gasteiger partial charge in [-0.3, -0.25) is 0 Å². The number of benzene rings is 1. The number of halogens is 2. The number of aryl methyl sites for hydroxylation is 1. The van der Waals surface area contributed by atoms with E-state index in [9.17, 15) is 19.6 Å². The van der Waals surface area contributed by atoms with Gasteiger partial charge in [-0.15, -0.1) is 0 Å². The number of piperazine rings is 1. The molecule has 41 heavy (non-hydrogen) atoms. The lowest BCUT2D eigenvalue weighted by molar-refractivity contribution is 0.0747. The molecule has 1 fully saturated rings. The molecule has 1 saturated heterocycles. The van der Waals surface area contributed by atoms with Crippen LogP contribution in [0.4, 0.5) is 30.1 Å². The van der Waals surface area contributed by atoms with E-state index in [2.05, 4.69) is 11.2 Å². The average molecular weight is 580 g/mol. The number of aromatic nitrogens is 3. The third-order valence-electron chi connectivity index (χ3n) is 7.50. The maximum absolute atomic E-state index is 15.6. The topological polar surface area (TPSA) is 101 Å². The number of nitriles is 1. The fourth-order valence-corrected chi connectivity index (χ4v) is 6.19. The van der Waals surface area contributed by atoms with Crippen molar-refractivity contribution >= 4 is 39.5 Å². The molecule has 214 valence electrons. The van der Waals surface area contributed by atoms with E-state index in [0.29, 0.717) is 52.0 Å². The van der Waals surface area contributed by atoms with Gasteiger partial charge in [-0.2, -0.15) is 10.4 Å². The maximum Gasteiger partial charge on any atom is 0.407 e. The van der Waals surface area contributed by atoms with E-state index < -0.39 is 11.9 Å². The third-order valence-corrected chi connectivity index (χ3v) is 8.54. The lowest BCUT2D eigenvalue weighted by Gasteiger charge is -2.46. The van der Waals surface area contributed by atoms with E-state index >= 15 is 4.39 Å². The van der Waals surface area contributed by atoms with Gasteiger partial charge in [0.1, 0.15) is 22.5 Å². The van der Waals surface area contributed by atoms with Crippen molar-refractivity contribution < 1.29 is 18.7 Å². The number of carbonyl (C=O) groups is 1. The normalized spacial score (nSPS) is 15.8. The van der Waals surface area contributed by atoms with Crippen LogP contribution < -0.4 is 9.80 Å². The van der Waals surface area contributed by atoms with Crippen molar-refractivity contribution in [3.63, 3.8) is 0 Å². The molecule has 0 aliphatic carbocycles. The highest BCUT2D eigenvalue weighted by atomic mass is 32.1. The van der Waals surface area contributed by atoms with Crippen molar-refractivity contribution in [3.05, 3.63) is 58.7 Å². The number of carboxylic acid groups (broad SMARTS) is 1. The lowest BCUT2D eigenvalue weighted by atomic mass is 9.84. The summed E-state index contributed by atoms with van der Waals surface area (Å²) in [5.74, 6) is -0.826. The molecule has 1 unspecified atom stereocenters. The van der Waals surface area contributed by atoms with Gasteiger partial charge in [-0.1, -0.05) is 39.0 Å². The SMILES string of the molecule is CCc1nn2cc(F)c(N3CCN(C(=O)O)C(C(C)(C)C)C3)cc2c1N(C)c1nc(-c2ccc(F)cc2)c(C#N)s1. The van der Waals surface area contributed by atoms with Crippen molar-refractivity contribution in [2.75, 3.05) is 36.5 Å². The van der Waals surface area contributed by atoms with Crippen molar-refractivity contribution in [3.8, 4) is 17.3 Å². The fraction of sp³-hybridized carbons (Fsp3) is 0.379. The molecule has 9 nitrogen and oxygen atoms in total.